The van der Waals surface area contributed by atoms with E-state index in [4.69, 9.17) is 5.21 Å². The van der Waals surface area contributed by atoms with Crippen LogP contribution in [0.2, 0.25) is 0 Å². The Morgan fingerprint density at radius 3 is 3.00 bits per heavy atom. The first-order valence-electron chi connectivity index (χ1n) is 5.27. The van der Waals surface area contributed by atoms with E-state index in [0.717, 1.165) is 31.4 Å². The van der Waals surface area contributed by atoms with Crippen molar-refractivity contribution in [3.8, 4) is 0 Å². The van der Waals surface area contributed by atoms with Gasteiger partial charge in [-0.3, -0.25) is 4.68 Å². The van der Waals surface area contributed by atoms with Crippen LogP contribution in [-0.2, 0) is 0 Å². The van der Waals surface area contributed by atoms with E-state index in [-0.39, 0.29) is 6.04 Å². The van der Waals surface area contributed by atoms with E-state index < -0.39 is 0 Å². The Kier molecular flexibility index (Phi) is 3.17. The molecule has 2 rings (SSSR count). The summed E-state index contributed by atoms with van der Waals surface area (Å²) in [5.41, 5.74) is 0.822. The smallest absolute Gasteiger partial charge is 0.0936 e. The number of hydrogen-bond donors (Lipinski definition) is 1. The van der Waals surface area contributed by atoms with E-state index in [1.165, 1.54) is 0 Å². The first kappa shape index (κ1) is 9.96. The van der Waals surface area contributed by atoms with E-state index in [1.807, 2.05) is 16.9 Å². The molecule has 0 aromatic carbocycles. The maximum absolute atomic E-state index is 9.00. The van der Waals surface area contributed by atoms with Crippen molar-refractivity contribution in [1.29, 1.82) is 0 Å². The van der Waals surface area contributed by atoms with Crippen LogP contribution < -0.4 is 0 Å². The highest BCUT2D eigenvalue weighted by Gasteiger charge is 2.18. The van der Waals surface area contributed by atoms with E-state index >= 15 is 0 Å². The summed E-state index contributed by atoms with van der Waals surface area (Å²) in [6.07, 6.45) is 11.7. The number of allylic oxidation sites excluding steroid dienone is 2. The molecule has 1 aromatic heterocycles. The van der Waals surface area contributed by atoms with Gasteiger partial charge < -0.3 is 5.21 Å². The number of hydrogen-bond acceptors (Lipinski definition) is 3. The van der Waals surface area contributed by atoms with Crippen LogP contribution in [0.25, 0.3) is 0 Å². The molecule has 15 heavy (non-hydrogen) atoms. The van der Waals surface area contributed by atoms with Crippen molar-refractivity contribution in [1.82, 2.24) is 9.78 Å². The van der Waals surface area contributed by atoms with E-state index in [1.54, 1.807) is 6.20 Å². The molecule has 0 aliphatic heterocycles. The van der Waals surface area contributed by atoms with Crippen LogP contribution in [0.15, 0.2) is 35.8 Å². The van der Waals surface area contributed by atoms with Gasteiger partial charge in [0.15, 0.2) is 0 Å². The first-order chi connectivity index (χ1) is 7.42. The molecule has 1 aromatic rings. The fraction of sp³-hybridized carbons (Fsp3) is 0.455. The molecule has 1 N–H and O–H groups in total. The molecule has 0 radical (unpaired) electrons. The molecule has 80 valence electrons. The Labute approximate surface area is 88.9 Å². The number of rotatable bonds is 1. The highest BCUT2D eigenvalue weighted by molar-refractivity contribution is 5.87. The van der Waals surface area contributed by atoms with Crippen molar-refractivity contribution >= 4 is 5.71 Å². The molecule has 0 unspecified atom stereocenters. The van der Waals surface area contributed by atoms with Crippen LogP contribution in [0.5, 0.6) is 0 Å². The fourth-order valence-electron chi connectivity index (χ4n) is 1.92. The lowest BCUT2D eigenvalue weighted by Gasteiger charge is -2.19. The van der Waals surface area contributed by atoms with Gasteiger partial charge in [-0.15, -0.1) is 0 Å². The summed E-state index contributed by atoms with van der Waals surface area (Å²) in [7, 11) is 0. The van der Waals surface area contributed by atoms with Crippen molar-refractivity contribution in [3.05, 3.63) is 30.6 Å². The second kappa shape index (κ2) is 4.77. The van der Waals surface area contributed by atoms with Gasteiger partial charge in [-0.05, 0) is 31.7 Å². The topological polar surface area (TPSA) is 50.4 Å². The van der Waals surface area contributed by atoms with Gasteiger partial charge in [0.2, 0.25) is 0 Å². The lowest BCUT2D eigenvalue weighted by molar-refractivity contribution is 0.310. The molecule has 1 aliphatic rings. The maximum atomic E-state index is 9.00. The summed E-state index contributed by atoms with van der Waals surface area (Å²) in [4.78, 5) is 0. The molecule has 0 amide bonds. The molecular weight excluding hydrogens is 190 g/mol. The SMILES string of the molecule is O/N=C1/CCC=CCC[C@@H]1n1cccn1. The molecule has 4 nitrogen and oxygen atoms in total. The van der Waals surface area contributed by atoms with E-state index in [0.29, 0.717) is 0 Å². The average molecular weight is 205 g/mol. The van der Waals surface area contributed by atoms with Crippen molar-refractivity contribution in [2.45, 2.75) is 31.7 Å². The monoisotopic (exact) mass is 205 g/mol. The minimum Gasteiger partial charge on any atom is -0.411 e. The van der Waals surface area contributed by atoms with Crippen molar-refractivity contribution in [2.75, 3.05) is 0 Å². The van der Waals surface area contributed by atoms with Gasteiger partial charge in [0.25, 0.3) is 0 Å². The highest BCUT2D eigenvalue weighted by Crippen LogP contribution is 2.20. The lowest BCUT2D eigenvalue weighted by Crippen LogP contribution is -2.21. The zero-order valence-electron chi connectivity index (χ0n) is 8.58. The molecule has 0 spiro atoms. The summed E-state index contributed by atoms with van der Waals surface area (Å²) >= 11 is 0. The quantitative estimate of drug-likeness (QED) is 0.434. The summed E-state index contributed by atoms with van der Waals surface area (Å²) in [6, 6.07) is 2.00. The predicted molar refractivity (Wildman–Crippen MR) is 58.1 cm³/mol. The van der Waals surface area contributed by atoms with Crippen LogP contribution in [0.4, 0.5) is 0 Å². The third kappa shape index (κ3) is 2.26. The minimum absolute atomic E-state index is 0.106. The molecule has 0 saturated heterocycles. The van der Waals surface area contributed by atoms with Crippen molar-refractivity contribution < 1.29 is 5.21 Å². The minimum atomic E-state index is 0.106. The Morgan fingerprint density at radius 2 is 2.27 bits per heavy atom. The summed E-state index contributed by atoms with van der Waals surface area (Å²) < 4.78 is 1.87. The van der Waals surface area contributed by atoms with Crippen molar-refractivity contribution in [2.24, 2.45) is 5.16 Å². The van der Waals surface area contributed by atoms with Gasteiger partial charge >= 0.3 is 0 Å². The van der Waals surface area contributed by atoms with Gasteiger partial charge in [0, 0.05) is 12.4 Å². The molecule has 0 bridgehead atoms. The number of aromatic nitrogens is 2. The predicted octanol–water partition coefficient (Wildman–Crippen LogP) is 2.38. The Hall–Kier alpha value is -1.58. The third-order valence-corrected chi connectivity index (χ3v) is 2.70. The molecular formula is C11H15N3O. The molecule has 1 heterocycles. The Bertz CT molecular complexity index is 354. The van der Waals surface area contributed by atoms with Gasteiger partial charge in [0.05, 0.1) is 11.8 Å². The third-order valence-electron chi connectivity index (χ3n) is 2.70. The highest BCUT2D eigenvalue weighted by atomic mass is 16.4. The molecule has 0 fully saturated rings. The standard InChI is InChI=1S/C11H15N3O/c15-13-10-6-3-1-2-4-7-11(10)14-9-5-8-12-14/h1-2,5,8-9,11,15H,3-4,6-7H2/b2-1?,13-10-/t11-/m0/s1. The average Bonchev–Trinajstić information content (AvgIpc) is 2.71. The van der Waals surface area contributed by atoms with Gasteiger partial charge in [-0.25, -0.2) is 0 Å². The van der Waals surface area contributed by atoms with Gasteiger partial charge in [0.1, 0.15) is 0 Å². The normalized spacial score (nSPS) is 25.1. The number of nitrogens with zero attached hydrogens (tertiary/aromatic N) is 3. The van der Waals surface area contributed by atoms with Crippen molar-refractivity contribution in [3.63, 3.8) is 0 Å². The van der Waals surface area contributed by atoms with Crippen LogP contribution >= 0.6 is 0 Å². The second-order valence-electron chi connectivity index (χ2n) is 3.68. The van der Waals surface area contributed by atoms with Gasteiger partial charge in [-0.1, -0.05) is 17.3 Å². The van der Waals surface area contributed by atoms with Crippen LogP contribution in [0.3, 0.4) is 0 Å². The van der Waals surface area contributed by atoms with E-state index in [2.05, 4.69) is 22.4 Å². The fourth-order valence-corrected chi connectivity index (χ4v) is 1.92. The summed E-state index contributed by atoms with van der Waals surface area (Å²) in [6.45, 7) is 0. The summed E-state index contributed by atoms with van der Waals surface area (Å²) in [5, 5.41) is 16.6. The molecule has 1 atom stereocenters. The zero-order chi connectivity index (χ0) is 10.5. The second-order valence-corrected chi connectivity index (χ2v) is 3.68. The van der Waals surface area contributed by atoms with Crippen LogP contribution in [0.1, 0.15) is 31.7 Å². The largest absolute Gasteiger partial charge is 0.411 e. The maximum Gasteiger partial charge on any atom is 0.0936 e. The van der Waals surface area contributed by atoms with Crippen LogP contribution in [-0.4, -0.2) is 20.7 Å². The number of oxime groups is 1. The zero-order valence-corrected chi connectivity index (χ0v) is 8.58. The first-order valence-corrected chi connectivity index (χ1v) is 5.27. The Balaban J connectivity index is 2.22. The molecule has 1 aliphatic carbocycles. The summed E-state index contributed by atoms with van der Waals surface area (Å²) in [5.74, 6) is 0. The van der Waals surface area contributed by atoms with Crippen LogP contribution in [0, 0.1) is 0 Å². The lowest BCUT2D eigenvalue weighted by atomic mass is 9.99. The van der Waals surface area contributed by atoms with Gasteiger partial charge in [-0.2, -0.15) is 5.10 Å². The Morgan fingerprint density at radius 1 is 1.40 bits per heavy atom. The molecule has 4 heteroatoms. The van der Waals surface area contributed by atoms with E-state index in [9.17, 15) is 0 Å². The molecule has 0 saturated carbocycles.